The zero-order valence-electron chi connectivity index (χ0n) is 6.10. The fourth-order valence-corrected chi connectivity index (χ4v) is 0. The molecule has 4 heteroatoms. The van der Waals surface area contributed by atoms with Gasteiger partial charge in [0.25, 0.3) is 0 Å². The first kappa shape index (κ1) is 12.3. The molecule has 3 nitrogen and oxygen atoms in total. The molecule has 0 aliphatic rings. The van der Waals surface area contributed by atoms with Crippen molar-refractivity contribution in [3.63, 3.8) is 0 Å². The predicted molar refractivity (Wildman–Crippen MR) is 30.5 cm³/mol. The molecule has 0 aromatic heterocycles. The van der Waals surface area contributed by atoms with Gasteiger partial charge in [-0.3, -0.25) is 0 Å². The van der Waals surface area contributed by atoms with E-state index in [9.17, 15) is 4.79 Å². The monoisotopic (exact) mass is 193 g/mol. The average Bonchev–Trinajstić information content (AvgIpc) is 1.63. The molecule has 0 rings (SSSR count). The SMILES string of the molecule is CC(=O)[O-].CC(C)[C](=O)[Cu+]. The van der Waals surface area contributed by atoms with E-state index < -0.39 is 5.97 Å². The van der Waals surface area contributed by atoms with E-state index in [1.165, 1.54) is 0 Å². The number of carboxylic acids is 1. The molecule has 0 radical (unpaired) electrons. The summed E-state index contributed by atoms with van der Waals surface area (Å²) < 4.78 is -0.178. The summed E-state index contributed by atoms with van der Waals surface area (Å²) in [5.74, 6) is -1.06. The van der Waals surface area contributed by atoms with Gasteiger partial charge in [0.2, 0.25) is 0 Å². The summed E-state index contributed by atoms with van der Waals surface area (Å²) in [5.41, 5.74) is 0. The van der Waals surface area contributed by atoms with Crippen LogP contribution in [-0.2, 0) is 25.6 Å². The first-order valence-corrected chi connectivity index (χ1v) is 3.18. The Hall–Kier alpha value is -0.341. The third-order valence-electron chi connectivity index (χ3n) is 0.410. The molecule has 0 amide bonds. The van der Waals surface area contributed by atoms with Gasteiger partial charge in [0, 0.05) is 5.97 Å². The minimum atomic E-state index is -1.08. The van der Waals surface area contributed by atoms with E-state index in [2.05, 4.69) is 16.0 Å². The van der Waals surface area contributed by atoms with Gasteiger partial charge in [-0.25, -0.2) is 0 Å². The molecule has 0 spiro atoms. The van der Waals surface area contributed by atoms with Gasteiger partial charge in [0.1, 0.15) is 0 Å². The van der Waals surface area contributed by atoms with E-state index in [-0.39, 0.29) is 10.6 Å². The van der Waals surface area contributed by atoms with Gasteiger partial charge in [-0.2, -0.15) is 0 Å². The molecule has 0 aromatic carbocycles. The second-order valence-electron chi connectivity index (χ2n) is 1.91. The van der Waals surface area contributed by atoms with Gasteiger partial charge in [-0.15, -0.1) is 0 Å². The van der Waals surface area contributed by atoms with E-state index >= 15 is 0 Å². The molecular formula is C6H10CuO3. The van der Waals surface area contributed by atoms with Crippen molar-refractivity contribution in [3.05, 3.63) is 0 Å². The van der Waals surface area contributed by atoms with Crippen molar-refractivity contribution in [1.82, 2.24) is 0 Å². The van der Waals surface area contributed by atoms with Crippen LogP contribution in [0.4, 0.5) is 0 Å². The van der Waals surface area contributed by atoms with Crippen molar-refractivity contribution in [2.45, 2.75) is 20.8 Å². The Balaban J connectivity index is 0. The van der Waals surface area contributed by atoms with E-state index in [1.807, 2.05) is 0 Å². The van der Waals surface area contributed by atoms with Gasteiger partial charge >= 0.3 is 45.3 Å². The van der Waals surface area contributed by atoms with Crippen LogP contribution in [0.3, 0.4) is 0 Å². The molecule has 0 aromatic rings. The quantitative estimate of drug-likeness (QED) is 0.527. The van der Waals surface area contributed by atoms with Crippen LogP contribution in [0.15, 0.2) is 0 Å². The Kier molecular flexibility index (Phi) is 8.36. The van der Waals surface area contributed by atoms with Crippen molar-refractivity contribution in [2.24, 2.45) is 5.92 Å². The second kappa shape index (κ2) is 6.77. The second-order valence-corrected chi connectivity index (χ2v) is 2.38. The van der Waals surface area contributed by atoms with Crippen LogP contribution in [-0.4, -0.2) is 10.7 Å². The van der Waals surface area contributed by atoms with E-state index in [1.54, 1.807) is 13.8 Å². The molecule has 0 unspecified atom stereocenters. The van der Waals surface area contributed by atoms with Crippen LogP contribution < -0.4 is 5.11 Å². The Bertz CT molecular complexity index is 116. The molecule has 0 aliphatic heterocycles. The molecule has 0 saturated heterocycles. The summed E-state index contributed by atoms with van der Waals surface area (Å²) in [5, 5.41) is 8.89. The Morgan fingerprint density at radius 2 is 1.50 bits per heavy atom. The number of hydrogen-bond acceptors (Lipinski definition) is 3. The normalized spacial score (nSPS) is 8.20. The molecule has 0 aliphatic carbocycles. The summed E-state index contributed by atoms with van der Waals surface area (Å²) in [6.07, 6.45) is 0. The minimum absolute atomic E-state index is 0.0185. The predicted octanol–water partition coefficient (Wildman–Crippen LogP) is -0.528. The maximum atomic E-state index is 9.95. The van der Waals surface area contributed by atoms with Crippen LogP contribution in [0.25, 0.3) is 0 Å². The van der Waals surface area contributed by atoms with Crippen LogP contribution in [0, 0.1) is 5.92 Å². The molecular weight excluding hydrogens is 184 g/mol. The summed E-state index contributed by atoms with van der Waals surface area (Å²) >= 11 is 4.40. The summed E-state index contributed by atoms with van der Waals surface area (Å²) in [4.78, 5) is 18.8. The molecule has 0 atom stereocenters. The topological polar surface area (TPSA) is 57.2 Å². The fraction of sp³-hybridized carbons (Fsp3) is 0.667. The molecule has 63 valence electrons. The van der Waals surface area contributed by atoms with Gasteiger partial charge < -0.3 is 9.90 Å². The van der Waals surface area contributed by atoms with Crippen LogP contribution in [0.1, 0.15) is 20.8 Å². The fourth-order valence-electron chi connectivity index (χ4n) is 0. The third-order valence-corrected chi connectivity index (χ3v) is 0.953. The van der Waals surface area contributed by atoms with E-state index in [0.717, 1.165) is 6.92 Å². The average molecular weight is 194 g/mol. The van der Waals surface area contributed by atoms with Gasteiger partial charge in [-0.05, 0) is 6.92 Å². The first-order valence-electron chi connectivity index (χ1n) is 2.71. The number of rotatable bonds is 1. The standard InChI is InChI=1S/C4H7O.C2H4O2.Cu/c1-4(2)3-5;1-2(3)4;/h4H,1-2H3;1H3,(H,3,4);/q;;+1/p-1. The number of aliphatic carboxylic acids is 1. The maximum absolute atomic E-state index is 9.95. The summed E-state index contributed by atoms with van der Waals surface area (Å²) in [6, 6.07) is 0. The first-order chi connectivity index (χ1) is 4.37. The Labute approximate surface area is 68.6 Å². The molecule has 0 bridgehead atoms. The molecule has 0 fully saturated rings. The number of hydrogen-bond donors (Lipinski definition) is 0. The van der Waals surface area contributed by atoms with Gasteiger partial charge in [0.15, 0.2) is 0 Å². The van der Waals surface area contributed by atoms with Crippen molar-refractivity contribution in [1.29, 1.82) is 0 Å². The third kappa shape index (κ3) is 25.4. The Morgan fingerprint density at radius 3 is 1.50 bits per heavy atom. The summed E-state index contributed by atoms with van der Waals surface area (Å²) in [6.45, 7) is 4.54. The van der Waals surface area contributed by atoms with E-state index in [4.69, 9.17) is 9.90 Å². The van der Waals surface area contributed by atoms with Gasteiger partial charge in [0.05, 0.1) is 0 Å². The van der Waals surface area contributed by atoms with Crippen molar-refractivity contribution in [2.75, 3.05) is 0 Å². The zero-order valence-corrected chi connectivity index (χ0v) is 7.05. The zero-order chi connectivity index (χ0) is 8.73. The van der Waals surface area contributed by atoms with Crippen LogP contribution in [0.2, 0.25) is 0 Å². The van der Waals surface area contributed by atoms with Crippen molar-refractivity contribution >= 4 is 10.7 Å². The molecule has 0 N–H and O–H groups in total. The van der Waals surface area contributed by atoms with Crippen LogP contribution in [0.5, 0.6) is 0 Å². The molecule has 10 heavy (non-hydrogen) atoms. The molecule has 0 saturated carbocycles. The summed E-state index contributed by atoms with van der Waals surface area (Å²) in [7, 11) is 0. The van der Waals surface area contributed by atoms with Crippen LogP contribution >= 0.6 is 0 Å². The number of carbonyl (C=O) groups excluding carboxylic acids is 2. The Morgan fingerprint density at radius 1 is 1.40 bits per heavy atom. The van der Waals surface area contributed by atoms with Crippen molar-refractivity contribution < 1.29 is 30.7 Å². The number of carbonyl (C=O) groups is 2. The molecule has 0 heterocycles. The number of carboxylic acid groups (broad SMARTS) is 1. The van der Waals surface area contributed by atoms with Gasteiger partial charge in [-0.1, -0.05) is 0 Å². The van der Waals surface area contributed by atoms with E-state index in [0.29, 0.717) is 0 Å². The van der Waals surface area contributed by atoms with Crippen molar-refractivity contribution in [3.8, 4) is 0 Å².